The van der Waals surface area contributed by atoms with E-state index < -0.39 is 21.6 Å². The average Bonchev–Trinajstić information content (AvgIpc) is 3.04. The van der Waals surface area contributed by atoms with E-state index in [2.05, 4.69) is 16.8 Å². The van der Waals surface area contributed by atoms with Gasteiger partial charge in [0, 0.05) is 51.2 Å². The van der Waals surface area contributed by atoms with Crippen molar-refractivity contribution in [1.29, 1.82) is 0 Å². The topological polar surface area (TPSA) is 62.7 Å². The van der Waals surface area contributed by atoms with E-state index in [0.717, 1.165) is 45.7 Å². The molecule has 3 aliphatic rings. The van der Waals surface area contributed by atoms with E-state index in [-0.39, 0.29) is 16.0 Å². The maximum Gasteiger partial charge on any atom is 0.286 e. The Balaban J connectivity index is 1.39. The number of alkyl halides is 2. The molecule has 1 aromatic heterocycles. The summed E-state index contributed by atoms with van der Waals surface area (Å²) in [7, 11) is -3.71. The Hall–Kier alpha value is -1.16. The minimum absolute atomic E-state index is 0.0167. The highest BCUT2D eigenvalue weighted by atomic mass is 32.2. The van der Waals surface area contributed by atoms with E-state index in [0.29, 0.717) is 25.0 Å². The average molecular weight is 416 g/mol. The number of nitrogens with zero attached hydrogens (tertiary/aromatic N) is 3. The first kappa shape index (κ1) is 20.1. The third-order valence-electron chi connectivity index (χ3n) is 6.43. The third kappa shape index (κ3) is 3.36. The van der Waals surface area contributed by atoms with Crippen LogP contribution in [-0.4, -0.2) is 68.0 Å². The number of hydrogen-bond donors (Lipinski definition) is 0. The Morgan fingerprint density at radius 2 is 1.96 bits per heavy atom. The number of rotatable bonds is 5. The van der Waals surface area contributed by atoms with Crippen molar-refractivity contribution in [2.24, 2.45) is 11.3 Å². The summed E-state index contributed by atoms with van der Waals surface area (Å²) in [5.74, 6) is -2.54. The maximum atomic E-state index is 13.4. The lowest BCUT2D eigenvalue weighted by Crippen LogP contribution is -2.74. The molecule has 6 nitrogen and oxygen atoms in total. The fourth-order valence-corrected chi connectivity index (χ4v) is 6.44. The first-order valence-electron chi connectivity index (χ1n) is 9.70. The predicted octanol–water partition coefficient (Wildman–Crippen LogP) is 2.23. The quantitative estimate of drug-likeness (QED) is 0.738. The van der Waals surface area contributed by atoms with Crippen LogP contribution in [0.15, 0.2) is 17.0 Å². The normalized spacial score (nSPS) is 26.8. The number of sulfonamides is 1. The largest absolute Gasteiger partial charge is 0.381 e. The van der Waals surface area contributed by atoms with Gasteiger partial charge in [-0.15, -0.1) is 0 Å². The molecule has 4 heterocycles. The lowest BCUT2D eigenvalue weighted by Gasteiger charge is -2.61. The van der Waals surface area contributed by atoms with Gasteiger partial charge in [0.05, 0.1) is 12.3 Å². The summed E-state index contributed by atoms with van der Waals surface area (Å²) in [6.07, 6.45) is 1.09. The summed E-state index contributed by atoms with van der Waals surface area (Å²) in [5.41, 5.74) is -0.271. The highest BCUT2D eigenvalue weighted by molar-refractivity contribution is 7.89. The third-order valence-corrected chi connectivity index (χ3v) is 8.35. The zero-order chi connectivity index (χ0) is 20.3. The first-order valence-corrected chi connectivity index (χ1v) is 11.1. The molecule has 3 fully saturated rings. The second-order valence-electron chi connectivity index (χ2n) is 8.71. The molecule has 3 saturated heterocycles. The van der Waals surface area contributed by atoms with Gasteiger partial charge in [-0.05, 0) is 38.3 Å². The first-order chi connectivity index (χ1) is 13.0. The van der Waals surface area contributed by atoms with Gasteiger partial charge in [0.2, 0.25) is 10.0 Å². The van der Waals surface area contributed by atoms with Gasteiger partial charge in [-0.2, -0.15) is 13.1 Å². The number of likely N-dealkylation sites (tertiary alicyclic amines) is 1. The van der Waals surface area contributed by atoms with Crippen LogP contribution in [0, 0.1) is 18.3 Å². The van der Waals surface area contributed by atoms with Gasteiger partial charge >= 0.3 is 0 Å². The van der Waals surface area contributed by atoms with Crippen LogP contribution < -0.4 is 0 Å². The molecule has 28 heavy (non-hydrogen) atoms. The highest BCUT2D eigenvalue weighted by Crippen LogP contribution is 2.44. The Morgan fingerprint density at radius 1 is 1.29 bits per heavy atom. The van der Waals surface area contributed by atoms with E-state index in [1.807, 2.05) is 0 Å². The van der Waals surface area contributed by atoms with Gasteiger partial charge in [0.1, 0.15) is 10.6 Å². The second-order valence-corrected chi connectivity index (χ2v) is 10.6. The van der Waals surface area contributed by atoms with Crippen molar-refractivity contribution < 1.29 is 21.9 Å². The highest BCUT2D eigenvalue weighted by Gasteiger charge is 2.56. The van der Waals surface area contributed by atoms with E-state index in [4.69, 9.17) is 4.74 Å². The summed E-state index contributed by atoms with van der Waals surface area (Å²) in [6.45, 7) is 8.83. The number of halogens is 2. The van der Waals surface area contributed by atoms with E-state index in [9.17, 15) is 17.2 Å². The van der Waals surface area contributed by atoms with Crippen LogP contribution in [0.2, 0.25) is 0 Å². The number of aromatic nitrogens is 1. The molecular formula is C19H27F2N3O3S. The molecule has 0 amide bonds. The molecule has 3 aliphatic heterocycles. The van der Waals surface area contributed by atoms with Crippen LogP contribution in [0.3, 0.4) is 0 Å². The Bertz CT molecular complexity index is 852. The summed E-state index contributed by atoms with van der Waals surface area (Å²) < 4.78 is 59.6. The molecule has 0 bridgehead atoms. The van der Waals surface area contributed by atoms with Crippen LogP contribution in [0.4, 0.5) is 8.78 Å². The summed E-state index contributed by atoms with van der Waals surface area (Å²) in [4.78, 5) is 6.25. The molecule has 0 aromatic carbocycles. The van der Waals surface area contributed by atoms with Gasteiger partial charge in [-0.25, -0.2) is 8.42 Å². The smallest absolute Gasteiger partial charge is 0.286 e. The van der Waals surface area contributed by atoms with Crippen LogP contribution in [0.5, 0.6) is 0 Å². The minimum Gasteiger partial charge on any atom is -0.381 e. The van der Waals surface area contributed by atoms with Gasteiger partial charge in [-0.1, -0.05) is 0 Å². The molecule has 0 radical (unpaired) electrons. The molecular weight excluding hydrogens is 388 g/mol. The molecule has 156 valence electrons. The molecule has 1 spiro atoms. The molecule has 4 rings (SSSR count). The molecule has 2 atom stereocenters. The van der Waals surface area contributed by atoms with Crippen LogP contribution >= 0.6 is 0 Å². The summed E-state index contributed by atoms with van der Waals surface area (Å²) in [6, 6.07) is 2.81. The molecule has 1 aromatic rings. The van der Waals surface area contributed by atoms with Gasteiger partial charge < -0.3 is 4.74 Å². The zero-order valence-corrected chi connectivity index (χ0v) is 17.3. The zero-order valence-electron chi connectivity index (χ0n) is 16.5. The van der Waals surface area contributed by atoms with Crippen LogP contribution in [0.25, 0.3) is 0 Å². The Kier molecular flexibility index (Phi) is 4.80. The molecule has 0 saturated carbocycles. The van der Waals surface area contributed by atoms with Crippen molar-refractivity contribution in [2.75, 3.05) is 39.4 Å². The van der Waals surface area contributed by atoms with Crippen LogP contribution in [-0.2, 0) is 20.7 Å². The van der Waals surface area contributed by atoms with Crippen molar-refractivity contribution in [3.63, 3.8) is 0 Å². The number of pyridine rings is 1. The lowest BCUT2D eigenvalue weighted by molar-refractivity contribution is -0.106. The lowest BCUT2D eigenvalue weighted by atomic mass is 9.73. The van der Waals surface area contributed by atoms with Gasteiger partial charge in [0.15, 0.2) is 0 Å². The number of ether oxygens (including phenoxy) is 1. The monoisotopic (exact) mass is 415 g/mol. The molecule has 1 unspecified atom stereocenters. The predicted molar refractivity (Wildman–Crippen MR) is 99.7 cm³/mol. The van der Waals surface area contributed by atoms with Crippen molar-refractivity contribution in [2.45, 2.75) is 44.1 Å². The fourth-order valence-electron chi connectivity index (χ4n) is 4.61. The van der Waals surface area contributed by atoms with Crippen molar-refractivity contribution in [1.82, 2.24) is 14.2 Å². The molecule has 0 aliphatic carbocycles. The number of hydrogen-bond acceptors (Lipinski definition) is 5. The Morgan fingerprint density at radius 3 is 2.50 bits per heavy atom. The van der Waals surface area contributed by atoms with Gasteiger partial charge in [-0.3, -0.25) is 9.88 Å². The molecule has 9 heteroatoms. The van der Waals surface area contributed by atoms with Crippen molar-refractivity contribution in [3.8, 4) is 0 Å². The fraction of sp³-hybridized carbons (Fsp3) is 0.737. The van der Waals surface area contributed by atoms with E-state index in [1.54, 1.807) is 0 Å². The SMILES string of the molecule is Cc1nc(C(C)(F)F)ccc1S(=O)(=O)N1CC2(CN([C@@H](C)C3CCOC3)C2)C1. The summed E-state index contributed by atoms with van der Waals surface area (Å²) in [5, 5.41) is 0. The van der Waals surface area contributed by atoms with E-state index in [1.165, 1.54) is 17.3 Å². The second kappa shape index (κ2) is 6.68. The van der Waals surface area contributed by atoms with Crippen molar-refractivity contribution >= 4 is 10.0 Å². The van der Waals surface area contributed by atoms with Crippen molar-refractivity contribution in [3.05, 3.63) is 23.5 Å². The summed E-state index contributed by atoms with van der Waals surface area (Å²) >= 11 is 0. The number of aryl methyl sites for hydroxylation is 1. The standard InChI is InChI=1S/C19H27F2N3O3S/c1-13-16(4-5-17(22-13)18(3,20)21)28(25,26)24-11-19(12-24)9-23(10-19)14(2)15-6-7-27-8-15/h4-5,14-15H,6-12H2,1-3H3/t14-,15?/m0/s1. The maximum absolute atomic E-state index is 13.4. The van der Waals surface area contributed by atoms with Crippen LogP contribution in [0.1, 0.15) is 31.7 Å². The van der Waals surface area contributed by atoms with E-state index >= 15 is 0 Å². The molecule has 0 N–H and O–H groups in total. The minimum atomic E-state index is -3.71. The van der Waals surface area contributed by atoms with Gasteiger partial charge in [0.25, 0.3) is 5.92 Å². The Labute approximate surface area is 164 Å².